The van der Waals surface area contributed by atoms with E-state index in [9.17, 15) is 4.79 Å². The molecular formula is C8H14O2S. The second-order valence-corrected chi connectivity index (χ2v) is 4.11. The van der Waals surface area contributed by atoms with Crippen molar-refractivity contribution in [1.29, 1.82) is 0 Å². The molecule has 0 amide bonds. The molecule has 1 saturated heterocycles. The van der Waals surface area contributed by atoms with Crippen molar-refractivity contribution < 1.29 is 9.90 Å². The van der Waals surface area contributed by atoms with E-state index in [1.807, 2.05) is 0 Å². The van der Waals surface area contributed by atoms with E-state index < -0.39 is 5.97 Å². The predicted octanol–water partition coefficient (Wildman–Crippen LogP) is 1.85. The van der Waals surface area contributed by atoms with E-state index in [4.69, 9.17) is 5.11 Å². The summed E-state index contributed by atoms with van der Waals surface area (Å²) in [5.74, 6) is 1.63. The first-order valence-electron chi connectivity index (χ1n) is 4.06. The summed E-state index contributed by atoms with van der Waals surface area (Å²) in [5, 5.41) is 8.80. The van der Waals surface area contributed by atoms with Gasteiger partial charge in [0.05, 0.1) is 5.92 Å². The Hall–Kier alpha value is -0.180. The molecule has 1 aliphatic heterocycles. The lowest BCUT2D eigenvalue weighted by Crippen LogP contribution is -2.21. The highest BCUT2D eigenvalue weighted by Gasteiger charge is 2.32. The molecule has 64 valence electrons. The molecule has 2 unspecified atom stereocenters. The molecule has 0 aromatic heterocycles. The first-order valence-corrected chi connectivity index (χ1v) is 5.21. The molecule has 2 nitrogen and oxygen atoms in total. The number of carbonyl (C=O) groups is 1. The van der Waals surface area contributed by atoms with E-state index in [2.05, 4.69) is 6.92 Å². The van der Waals surface area contributed by atoms with Gasteiger partial charge in [-0.25, -0.2) is 0 Å². The quantitative estimate of drug-likeness (QED) is 0.709. The number of thioether (sulfide) groups is 1. The molecule has 2 atom stereocenters. The Morgan fingerprint density at radius 1 is 1.64 bits per heavy atom. The van der Waals surface area contributed by atoms with Gasteiger partial charge in [0.2, 0.25) is 0 Å². The highest BCUT2D eigenvalue weighted by molar-refractivity contribution is 7.99. The second kappa shape index (κ2) is 4.00. The predicted molar refractivity (Wildman–Crippen MR) is 46.8 cm³/mol. The van der Waals surface area contributed by atoms with Gasteiger partial charge in [-0.2, -0.15) is 11.8 Å². The second-order valence-electron chi connectivity index (χ2n) is 3.03. The van der Waals surface area contributed by atoms with Crippen LogP contribution in [0.4, 0.5) is 0 Å². The molecule has 11 heavy (non-hydrogen) atoms. The molecule has 1 heterocycles. The fourth-order valence-corrected chi connectivity index (χ4v) is 3.03. The van der Waals surface area contributed by atoms with E-state index >= 15 is 0 Å². The maximum absolute atomic E-state index is 10.7. The van der Waals surface area contributed by atoms with Gasteiger partial charge in [-0.15, -0.1) is 0 Å². The molecule has 1 fully saturated rings. The number of hydrogen-bond acceptors (Lipinski definition) is 2. The summed E-state index contributed by atoms with van der Waals surface area (Å²) in [5.41, 5.74) is 0. The Labute approximate surface area is 71.4 Å². The number of aliphatic carboxylic acids is 1. The van der Waals surface area contributed by atoms with Crippen molar-refractivity contribution in [2.24, 2.45) is 11.8 Å². The van der Waals surface area contributed by atoms with Gasteiger partial charge in [-0.05, 0) is 18.1 Å². The summed E-state index contributed by atoms with van der Waals surface area (Å²) in [4.78, 5) is 10.7. The molecule has 3 heteroatoms. The molecule has 0 aliphatic carbocycles. The lowest BCUT2D eigenvalue weighted by atomic mass is 9.92. The Morgan fingerprint density at radius 2 is 2.36 bits per heavy atom. The fraction of sp³-hybridized carbons (Fsp3) is 0.875. The first kappa shape index (κ1) is 8.91. The molecule has 0 bridgehead atoms. The third-order valence-electron chi connectivity index (χ3n) is 2.18. The van der Waals surface area contributed by atoms with Gasteiger partial charge in [0, 0.05) is 5.75 Å². The first-order chi connectivity index (χ1) is 5.25. The van der Waals surface area contributed by atoms with Crippen LogP contribution in [-0.4, -0.2) is 22.6 Å². The molecule has 1 N–H and O–H groups in total. The number of rotatable bonds is 3. The van der Waals surface area contributed by atoms with Crippen LogP contribution in [0.15, 0.2) is 0 Å². The molecule has 1 rings (SSSR count). The van der Waals surface area contributed by atoms with Gasteiger partial charge in [-0.1, -0.05) is 13.3 Å². The summed E-state index contributed by atoms with van der Waals surface area (Å²) < 4.78 is 0. The van der Waals surface area contributed by atoms with Gasteiger partial charge in [0.15, 0.2) is 0 Å². The van der Waals surface area contributed by atoms with Gasteiger partial charge in [0.1, 0.15) is 0 Å². The number of carboxylic acid groups (broad SMARTS) is 1. The van der Waals surface area contributed by atoms with Gasteiger partial charge in [0.25, 0.3) is 0 Å². The zero-order valence-electron chi connectivity index (χ0n) is 6.75. The summed E-state index contributed by atoms with van der Waals surface area (Å²) in [6.45, 7) is 2.11. The summed E-state index contributed by atoms with van der Waals surface area (Å²) in [6, 6.07) is 0. The van der Waals surface area contributed by atoms with Crippen molar-refractivity contribution in [3.63, 3.8) is 0 Å². The summed E-state index contributed by atoms with van der Waals surface area (Å²) in [6.07, 6.45) is 2.18. The van der Waals surface area contributed by atoms with Crippen LogP contribution in [0.2, 0.25) is 0 Å². The summed E-state index contributed by atoms with van der Waals surface area (Å²) >= 11 is 1.78. The van der Waals surface area contributed by atoms with Crippen molar-refractivity contribution in [2.75, 3.05) is 11.5 Å². The lowest BCUT2D eigenvalue weighted by Gasteiger charge is -2.12. The van der Waals surface area contributed by atoms with Gasteiger partial charge in [-0.3, -0.25) is 4.79 Å². The van der Waals surface area contributed by atoms with Gasteiger partial charge >= 0.3 is 5.97 Å². The van der Waals surface area contributed by atoms with Gasteiger partial charge < -0.3 is 5.11 Å². The summed E-state index contributed by atoms with van der Waals surface area (Å²) in [7, 11) is 0. The van der Waals surface area contributed by atoms with Crippen molar-refractivity contribution >= 4 is 17.7 Å². The van der Waals surface area contributed by atoms with Crippen molar-refractivity contribution in [3.05, 3.63) is 0 Å². The smallest absolute Gasteiger partial charge is 0.307 e. The standard InChI is InChI=1S/C8H14O2S/c1-2-3-6-4-11-5-7(6)8(9)10/h6-7H,2-5H2,1H3,(H,9,10). The van der Waals surface area contributed by atoms with Crippen LogP contribution < -0.4 is 0 Å². The average molecular weight is 174 g/mol. The largest absolute Gasteiger partial charge is 0.481 e. The monoisotopic (exact) mass is 174 g/mol. The minimum Gasteiger partial charge on any atom is -0.481 e. The van der Waals surface area contributed by atoms with E-state index in [0.29, 0.717) is 5.92 Å². The molecule has 0 spiro atoms. The molecule has 0 aromatic carbocycles. The van der Waals surface area contributed by atoms with Crippen LogP contribution in [0.5, 0.6) is 0 Å². The number of hydrogen-bond donors (Lipinski definition) is 1. The molecule has 0 aromatic rings. The normalized spacial score (nSPS) is 30.6. The zero-order valence-corrected chi connectivity index (χ0v) is 7.56. The van der Waals surface area contributed by atoms with Crippen LogP contribution >= 0.6 is 11.8 Å². The molecule has 1 aliphatic rings. The van der Waals surface area contributed by atoms with E-state index in [-0.39, 0.29) is 5.92 Å². The third-order valence-corrected chi connectivity index (χ3v) is 3.43. The van der Waals surface area contributed by atoms with Crippen LogP contribution in [0, 0.1) is 11.8 Å². The third kappa shape index (κ3) is 2.12. The maximum atomic E-state index is 10.7. The van der Waals surface area contributed by atoms with Crippen molar-refractivity contribution in [3.8, 4) is 0 Å². The number of carboxylic acids is 1. The zero-order chi connectivity index (χ0) is 8.27. The highest BCUT2D eigenvalue weighted by atomic mass is 32.2. The minimum atomic E-state index is -0.603. The topological polar surface area (TPSA) is 37.3 Å². The van der Waals surface area contributed by atoms with Crippen LogP contribution in [0.1, 0.15) is 19.8 Å². The van der Waals surface area contributed by atoms with E-state index in [0.717, 1.165) is 24.3 Å². The highest BCUT2D eigenvalue weighted by Crippen LogP contribution is 2.32. The Balaban J connectivity index is 2.44. The Bertz CT molecular complexity index is 147. The molecule has 0 radical (unpaired) electrons. The van der Waals surface area contributed by atoms with E-state index in [1.54, 1.807) is 11.8 Å². The SMILES string of the molecule is CCCC1CSCC1C(=O)O. The Kier molecular flexibility index (Phi) is 3.24. The minimum absolute atomic E-state index is 0.0695. The Morgan fingerprint density at radius 3 is 2.91 bits per heavy atom. The molecule has 0 saturated carbocycles. The maximum Gasteiger partial charge on any atom is 0.307 e. The van der Waals surface area contributed by atoms with E-state index in [1.165, 1.54) is 0 Å². The van der Waals surface area contributed by atoms with Crippen LogP contribution in [-0.2, 0) is 4.79 Å². The van der Waals surface area contributed by atoms with Crippen molar-refractivity contribution in [1.82, 2.24) is 0 Å². The van der Waals surface area contributed by atoms with Crippen LogP contribution in [0.3, 0.4) is 0 Å². The molecular weight excluding hydrogens is 160 g/mol. The lowest BCUT2D eigenvalue weighted by molar-refractivity contribution is -0.142. The van der Waals surface area contributed by atoms with Crippen LogP contribution in [0.25, 0.3) is 0 Å². The fourth-order valence-electron chi connectivity index (χ4n) is 1.53. The average Bonchev–Trinajstić information content (AvgIpc) is 2.36. The van der Waals surface area contributed by atoms with Crippen molar-refractivity contribution in [2.45, 2.75) is 19.8 Å².